The number of ketones is 1. The number of hydrogen-bond donors (Lipinski definition) is 5. The summed E-state index contributed by atoms with van der Waals surface area (Å²) in [5.74, 6) is -6.30. The number of anilines is 1. The van der Waals surface area contributed by atoms with Crippen LogP contribution in [0, 0.1) is 30.6 Å². The predicted octanol–water partition coefficient (Wildman–Crippen LogP) is 6.16. The van der Waals surface area contributed by atoms with Crippen molar-refractivity contribution in [2.24, 2.45) is 28.7 Å². The zero-order valence-electron chi connectivity index (χ0n) is 33.9. The standard InChI is InChI=1S/C43H51N3O11/c1-19-14-16-46-28(18-19)44-32-29-30-37(50)25(7)40-31(29)41(52)43(9,57-40)55-17-15-27(54-10)22(4)39(56-26(8)47)24(6)36(49)23(5)35(48)20(2)12-11-13-21(3)42(53)45-33(34(32)46)38(30)51/h11-17,20,22-24,27,35-36,39,48-49H,18H2,1-10H3,(H2-,45,50,51,52,53)/p+1/b12-11+,17-15+,21-13-/t20-,22+,23+,24+,27-,35-,36+,39+,43-/m0/s1. The number of nitrogens with one attached hydrogen (secondary N) is 1. The molecular weight excluding hydrogens is 734 g/mol. The lowest BCUT2D eigenvalue weighted by Gasteiger charge is -2.38. The zero-order valence-corrected chi connectivity index (χ0v) is 33.9. The molecule has 0 saturated heterocycles. The van der Waals surface area contributed by atoms with Crippen LogP contribution in [0.4, 0.5) is 17.1 Å². The number of carbonyl (C=O) groups excluding carboxylic acids is 3. The molecule has 0 saturated carbocycles. The molecule has 0 radical (unpaired) electrons. The summed E-state index contributed by atoms with van der Waals surface area (Å²) in [6.45, 7) is 14.8. The van der Waals surface area contributed by atoms with Gasteiger partial charge in [0.15, 0.2) is 5.75 Å². The van der Waals surface area contributed by atoms with Crippen molar-refractivity contribution in [1.29, 1.82) is 0 Å². The Morgan fingerprint density at radius 2 is 1.68 bits per heavy atom. The molecule has 57 heavy (non-hydrogen) atoms. The molecule has 4 bridgehead atoms. The Kier molecular flexibility index (Phi) is 11.3. The van der Waals surface area contributed by atoms with Crippen LogP contribution < -0.4 is 10.1 Å². The normalized spacial score (nSPS) is 32.5. The molecular formula is C43H52N3O11+. The highest BCUT2D eigenvalue weighted by Crippen LogP contribution is 2.59. The summed E-state index contributed by atoms with van der Waals surface area (Å²) in [5.41, 5.74) is 1.96. The Labute approximate surface area is 331 Å². The second-order valence-corrected chi connectivity index (χ2v) is 15.8. The molecule has 14 nitrogen and oxygen atoms in total. The van der Waals surface area contributed by atoms with Gasteiger partial charge in [0, 0.05) is 55.8 Å². The molecule has 6 rings (SSSR count). The number of carbonyl (C=O) groups is 3. The molecule has 0 unspecified atom stereocenters. The molecule has 4 heterocycles. The summed E-state index contributed by atoms with van der Waals surface area (Å²) in [6.07, 6.45) is 8.02. The number of esters is 1. The van der Waals surface area contributed by atoms with E-state index in [9.17, 15) is 34.8 Å². The highest BCUT2D eigenvalue weighted by atomic mass is 16.7. The van der Waals surface area contributed by atoms with Gasteiger partial charge in [-0.2, -0.15) is 4.58 Å². The van der Waals surface area contributed by atoms with E-state index in [0.717, 1.165) is 5.57 Å². The van der Waals surface area contributed by atoms with Gasteiger partial charge in [-0.05, 0) is 37.9 Å². The molecule has 0 spiro atoms. The highest BCUT2D eigenvalue weighted by Gasteiger charge is 2.51. The third kappa shape index (κ3) is 7.14. The van der Waals surface area contributed by atoms with Crippen molar-refractivity contribution in [2.75, 3.05) is 12.4 Å². The third-order valence-electron chi connectivity index (χ3n) is 11.7. The van der Waals surface area contributed by atoms with E-state index in [1.165, 1.54) is 27.2 Å². The minimum Gasteiger partial charge on any atom is -0.507 e. The van der Waals surface area contributed by atoms with Crippen molar-refractivity contribution in [3.63, 3.8) is 0 Å². The molecule has 0 aliphatic carbocycles. The molecule has 0 fully saturated rings. The number of amides is 1. The number of ether oxygens (including phenoxy) is 4. The molecule has 4 aliphatic rings. The fourth-order valence-electron chi connectivity index (χ4n) is 8.16. The van der Waals surface area contributed by atoms with Crippen LogP contribution in [0.15, 0.2) is 52.8 Å². The number of benzene rings is 2. The van der Waals surface area contributed by atoms with Crippen molar-refractivity contribution in [2.45, 2.75) is 98.9 Å². The lowest BCUT2D eigenvalue weighted by molar-refractivity contribution is -0.296. The molecule has 4 aliphatic heterocycles. The van der Waals surface area contributed by atoms with Crippen LogP contribution in [0.3, 0.4) is 0 Å². The van der Waals surface area contributed by atoms with E-state index in [2.05, 4.69) is 5.32 Å². The summed E-state index contributed by atoms with van der Waals surface area (Å²) in [6, 6.07) is 0. The maximum Gasteiger partial charge on any atom is 0.312 e. The monoisotopic (exact) mass is 786 g/mol. The van der Waals surface area contributed by atoms with Crippen LogP contribution in [0.25, 0.3) is 10.8 Å². The molecule has 14 heteroatoms. The fraction of sp³-hybridized carbons (Fsp3) is 0.465. The first kappa shape index (κ1) is 41.3. The van der Waals surface area contributed by atoms with Gasteiger partial charge in [-0.3, -0.25) is 14.4 Å². The third-order valence-corrected chi connectivity index (χ3v) is 11.7. The lowest BCUT2D eigenvalue weighted by Crippen LogP contribution is -2.46. The predicted molar refractivity (Wildman–Crippen MR) is 214 cm³/mol. The number of nitrogens with zero attached hydrogens (tertiary/aromatic N) is 2. The number of methoxy groups -OCH3 is 1. The van der Waals surface area contributed by atoms with Crippen LogP contribution >= 0.6 is 0 Å². The minimum atomic E-state index is -1.95. The quantitative estimate of drug-likeness (QED) is 0.133. The number of phenolic OH excluding ortho intramolecular Hbond substituents is 2. The molecule has 2 aromatic carbocycles. The molecule has 2 aromatic rings. The van der Waals surface area contributed by atoms with Crippen LogP contribution in [0.5, 0.6) is 17.2 Å². The number of amidine groups is 1. The van der Waals surface area contributed by atoms with E-state index in [4.69, 9.17) is 23.9 Å². The number of aliphatic hydroxyl groups is 2. The fourth-order valence-corrected chi connectivity index (χ4v) is 8.16. The largest absolute Gasteiger partial charge is 0.507 e. The van der Waals surface area contributed by atoms with Crippen molar-refractivity contribution in [3.8, 4) is 17.2 Å². The summed E-state index contributed by atoms with van der Waals surface area (Å²) in [4.78, 5) is 45.6. The van der Waals surface area contributed by atoms with E-state index < -0.39 is 77.3 Å². The molecule has 0 aromatic heterocycles. The highest BCUT2D eigenvalue weighted by molar-refractivity contribution is 6.26. The second kappa shape index (κ2) is 15.6. The van der Waals surface area contributed by atoms with Crippen LogP contribution in [0.1, 0.15) is 77.7 Å². The first-order valence-corrected chi connectivity index (χ1v) is 19.1. The Bertz CT molecular complexity index is 2230. The van der Waals surface area contributed by atoms with Crippen molar-refractivity contribution < 1.29 is 58.3 Å². The van der Waals surface area contributed by atoms with Gasteiger partial charge in [0.1, 0.15) is 23.3 Å². The summed E-state index contributed by atoms with van der Waals surface area (Å²) in [5, 5.41) is 49.5. The van der Waals surface area contributed by atoms with Crippen molar-refractivity contribution in [1.82, 2.24) is 0 Å². The maximum atomic E-state index is 14.6. The second-order valence-electron chi connectivity index (χ2n) is 15.8. The van der Waals surface area contributed by atoms with Gasteiger partial charge in [0.25, 0.3) is 11.7 Å². The summed E-state index contributed by atoms with van der Waals surface area (Å²) < 4.78 is 25.6. The first-order valence-electron chi connectivity index (χ1n) is 19.1. The smallest absolute Gasteiger partial charge is 0.312 e. The number of phenols is 2. The number of hydrogen-bond acceptors (Lipinski definition) is 12. The number of aliphatic imine (C=N–C) groups is 1. The molecule has 304 valence electrons. The average molecular weight is 787 g/mol. The van der Waals surface area contributed by atoms with Gasteiger partial charge in [-0.1, -0.05) is 51.5 Å². The number of allylic oxidation sites excluding steroid dienone is 3. The zero-order chi connectivity index (χ0) is 41.8. The number of Topliss-reactive ketones (excluding diaryl/α,β-unsaturated/α-hetero) is 1. The molecule has 9 atom stereocenters. The van der Waals surface area contributed by atoms with Crippen LogP contribution in [0.2, 0.25) is 0 Å². The van der Waals surface area contributed by atoms with Gasteiger partial charge in [-0.15, -0.1) is 0 Å². The topological polar surface area (TPSA) is 196 Å². The van der Waals surface area contributed by atoms with Gasteiger partial charge in [0.2, 0.25) is 11.4 Å². The Balaban J connectivity index is 1.55. The summed E-state index contributed by atoms with van der Waals surface area (Å²) >= 11 is 0. The van der Waals surface area contributed by atoms with Gasteiger partial charge < -0.3 is 44.7 Å². The van der Waals surface area contributed by atoms with E-state index in [0.29, 0.717) is 17.9 Å². The molecule has 5 N–H and O–H groups in total. The Morgan fingerprint density at radius 3 is 2.35 bits per heavy atom. The van der Waals surface area contributed by atoms with Crippen LogP contribution in [-0.2, 0) is 23.8 Å². The number of rotatable bonds is 2. The van der Waals surface area contributed by atoms with Gasteiger partial charge >= 0.3 is 17.6 Å². The van der Waals surface area contributed by atoms with Crippen LogP contribution in [-0.4, -0.2) is 92.0 Å². The molecule has 1 amide bonds. The maximum absolute atomic E-state index is 14.6. The Morgan fingerprint density at radius 1 is 0.982 bits per heavy atom. The first-order chi connectivity index (χ1) is 26.8. The minimum absolute atomic E-state index is 0.0212. The van der Waals surface area contributed by atoms with Gasteiger partial charge in [-0.25, -0.2) is 0 Å². The SMILES string of the molecule is CO[C@H]1/C=C/O[C@@]2(C)Oc3c(C)c(O)c4c(O)c(c5c(c4c3C2=O)N=C2CC(C)=CC=[N+]25)NC(=O)/C(C)=C\C=C\[C@H](C)[C@H](O)[C@@H](C)[C@@H](O)[C@@H](C)[C@H](OC(C)=O)[C@@H]1C. The number of fused-ring (bicyclic) bond motifs is 2. The number of aromatic hydroxyl groups is 2. The van der Waals surface area contributed by atoms with E-state index in [-0.39, 0.29) is 50.3 Å². The summed E-state index contributed by atoms with van der Waals surface area (Å²) in [7, 11) is 1.46. The van der Waals surface area contributed by atoms with E-state index in [1.807, 2.05) is 13.0 Å². The van der Waals surface area contributed by atoms with Crippen molar-refractivity contribution >= 4 is 57.5 Å². The average Bonchev–Trinajstić information content (AvgIpc) is 3.67. The number of aliphatic hydroxyl groups excluding tert-OH is 2. The Hall–Kier alpha value is -5.31. The lowest BCUT2D eigenvalue weighted by atomic mass is 9.78. The van der Waals surface area contributed by atoms with E-state index in [1.54, 1.807) is 76.6 Å². The van der Waals surface area contributed by atoms with Crippen molar-refractivity contribution in [3.05, 3.63) is 58.9 Å². The van der Waals surface area contributed by atoms with Gasteiger partial charge in [0.05, 0.1) is 53.5 Å². The van der Waals surface area contributed by atoms with E-state index >= 15 is 0 Å².